The number of nitrogens with one attached hydrogen (secondary N) is 2. The van der Waals surface area contributed by atoms with Crippen LogP contribution in [-0.4, -0.2) is 36.1 Å². The highest BCUT2D eigenvalue weighted by Gasteiger charge is 2.32. The molecule has 2 N–H and O–H groups in total. The summed E-state index contributed by atoms with van der Waals surface area (Å²) in [6.45, 7) is 15.5. The maximum absolute atomic E-state index is 5.88. The van der Waals surface area contributed by atoms with Crippen LogP contribution in [0.15, 0.2) is 61.0 Å². The number of ether oxygens (including phenoxy) is 1. The fourth-order valence-corrected chi connectivity index (χ4v) is 6.44. The van der Waals surface area contributed by atoms with Gasteiger partial charge in [-0.2, -0.15) is 0 Å². The third-order valence-corrected chi connectivity index (χ3v) is 8.38. The standard InChI is InChI=1S/C33H42N4O/c1-7-38-22(3)17-29-26-11-10-25-12-15-32(30(25)18-26)37(20-27-9-8-16-35-24(27)5)19-21(2)36-33-23(4)28(29)13-14-31(33)34-6/h8-11,13-14,16,18,21,29,32,34,36H,3,7,12,15,17,19-20H2,1-2,4-6H3/t21-,29?,32?/m0/s1. The molecule has 0 saturated carbocycles. The molecule has 0 fully saturated rings. The van der Waals surface area contributed by atoms with Crippen LogP contribution in [-0.2, 0) is 17.7 Å². The predicted molar refractivity (Wildman–Crippen MR) is 158 cm³/mol. The molecule has 0 radical (unpaired) electrons. The highest BCUT2D eigenvalue weighted by atomic mass is 16.5. The number of aromatic nitrogens is 1. The summed E-state index contributed by atoms with van der Waals surface area (Å²) in [5.41, 5.74) is 11.6. The van der Waals surface area contributed by atoms with Gasteiger partial charge in [-0.25, -0.2) is 0 Å². The Balaban J connectivity index is 1.65. The van der Waals surface area contributed by atoms with Crippen LogP contribution in [0.1, 0.15) is 77.7 Å². The molecule has 0 spiro atoms. The van der Waals surface area contributed by atoms with Crippen LogP contribution in [0.5, 0.6) is 0 Å². The summed E-state index contributed by atoms with van der Waals surface area (Å²) in [4.78, 5) is 7.26. The molecule has 1 aromatic heterocycles. The minimum atomic E-state index is 0.177. The van der Waals surface area contributed by atoms with E-state index in [1.807, 2.05) is 20.2 Å². The molecule has 0 amide bonds. The molecule has 2 unspecified atom stereocenters. The number of aryl methyl sites for hydroxylation is 2. The molecule has 200 valence electrons. The zero-order valence-electron chi connectivity index (χ0n) is 23.6. The molecule has 5 rings (SSSR count). The Morgan fingerprint density at radius 2 is 2.03 bits per heavy atom. The van der Waals surface area contributed by atoms with Gasteiger partial charge in [0.1, 0.15) is 0 Å². The molecule has 5 heteroatoms. The van der Waals surface area contributed by atoms with Crippen LogP contribution in [0, 0.1) is 13.8 Å². The average Bonchev–Trinajstić information content (AvgIpc) is 3.32. The van der Waals surface area contributed by atoms with Crippen molar-refractivity contribution in [2.75, 3.05) is 30.8 Å². The third-order valence-electron chi connectivity index (χ3n) is 8.38. The van der Waals surface area contributed by atoms with E-state index in [4.69, 9.17) is 4.74 Å². The van der Waals surface area contributed by atoms with Gasteiger partial charge in [0.2, 0.25) is 0 Å². The van der Waals surface area contributed by atoms with Crippen molar-refractivity contribution in [1.82, 2.24) is 9.88 Å². The summed E-state index contributed by atoms with van der Waals surface area (Å²) in [6, 6.07) is 16.6. The third kappa shape index (κ3) is 5.17. The topological polar surface area (TPSA) is 49.4 Å². The molecule has 2 heterocycles. The first-order valence-corrected chi connectivity index (χ1v) is 14.0. The number of allylic oxidation sites excluding steroid dienone is 1. The van der Waals surface area contributed by atoms with Crippen molar-refractivity contribution < 1.29 is 4.74 Å². The predicted octanol–water partition coefficient (Wildman–Crippen LogP) is 7.12. The summed E-state index contributed by atoms with van der Waals surface area (Å²) in [6.07, 6.45) is 4.93. The molecule has 3 atom stereocenters. The molecule has 2 aromatic carbocycles. The Hall–Kier alpha value is -3.31. The van der Waals surface area contributed by atoms with Crippen molar-refractivity contribution in [3.05, 3.63) is 100 Å². The Bertz CT molecular complexity index is 1320. The molecule has 5 nitrogen and oxygen atoms in total. The highest BCUT2D eigenvalue weighted by molar-refractivity contribution is 5.75. The first-order chi connectivity index (χ1) is 18.4. The summed E-state index contributed by atoms with van der Waals surface area (Å²) in [5.74, 6) is 1.02. The van der Waals surface area contributed by atoms with Gasteiger partial charge in [0.25, 0.3) is 0 Å². The normalized spacial score (nSPS) is 20.7. The summed E-state index contributed by atoms with van der Waals surface area (Å²) >= 11 is 0. The molecule has 2 aliphatic rings. The SMILES string of the molecule is C=C(CC1c2ccc3c(c2)C(CC3)N(Cc2cccnc2C)C[C@H](C)Nc2c(NC)ccc1c2C)OCC. The number of benzene rings is 2. The zero-order chi connectivity index (χ0) is 26.8. The lowest BCUT2D eigenvalue weighted by molar-refractivity contribution is 0.181. The smallest absolute Gasteiger partial charge is 0.0897 e. The Kier molecular flexibility index (Phi) is 7.75. The minimum Gasteiger partial charge on any atom is -0.499 e. The number of rotatable bonds is 7. The second-order valence-electron chi connectivity index (χ2n) is 10.9. The fourth-order valence-electron chi connectivity index (χ4n) is 6.44. The summed E-state index contributed by atoms with van der Waals surface area (Å²) < 4.78 is 5.88. The van der Waals surface area contributed by atoms with E-state index < -0.39 is 0 Å². The second-order valence-corrected chi connectivity index (χ2v) is 10.9. The lowest BCUT2D eigenvalue weighted by atomic mass is 9.83. The van der Waals surface area contributed by atoms with E-state index in [1.54, 1.807) is 0 Å². The number of hydrogen-bond donors (Lipinski definition) is 2. The number of anilines is 2. The van der Waals surface area contributed by atoms with Crippen molar-refractivity contribution >= 4 is 11.4 Å². The van der Waals surface area contributed by atoms with Gasteiger partial charge in [0, 0.05) is 56.5 Å². The largest absolute Gasteiger partial charge is 0.499 e. The second kappa shape index (κ2) is 11.2. The van der Waals surface area contributed by atoms with Gasteiger partial charge < -0.3 is 15.4 Å². The molecule has 1 aliphatic carbocycles. The maximum Gasteiger partial charge on any atom is 0.0897 e. The number of pyridine rings is 1. The van der Waals surface area contributed by atoms with Gasteiger partial charge in [-0.05, 0) is 86.1 Å². The molecule has 1 aliphatic heterocycles. The molecule has 3 aromatic rings. The van der Waals surface area contributed by atoms with Gasteiger partial charge in [0.05, 0.1) is 23.7 Å². The van der Waals surface area contributed by atoms with Crippen LogP contribution < -0.4 is 10.6 Å². The van der Waals surface area contributed by atoms with Crippen LogP contribution >= 0.6 is 0 Å². The monoisotopic (exact) mass is 510 g/mol. The van der Waals surface area contributed by atoms with Crippen LogP contribution in [0.3, 0.4) is 0 Å². The first-order valence-electron chi connectivity index (χ1n) is 14.0. The van der Waals surface area contributed by atoms with Crippen molar-refractivity contribution in [2.24, 2.45) is 0 Å². The van der Waals surface area contributed by atoms with Crippen molar-refractivity contribution in [2.45, 2.75) is 71.5 Å². The number of nitrogens with zero attached hydrogens (tertiary/aromatic N) is 2. The average molecular weight is 511 g/mol. The number of hydrogen-bond acceptors (Lipinski definition) is 5. The summed E-state index contributed by atoms with van der Waals surface area (Å²) in [5, 5.41) is 7.34. The Labute approximate surface area is 228 Å². The maximum atomic E-state index is 5.88. The van der Waals surface area contributed by atoms with E-state index in [9.17, 15) is 0 Å². The lowest BCUT2D eigenvalue weighted by Crippen LogP contribution is -2.37. The molecule has 0 saturated heterocycles. The fraction of sp³-hybridized carbons (Fsp3) is 0.424. The summed E-state index contributed by atoms with van der Waals surface area (Å²) in [7, 11) is 2.00. The van der Waals surface area contributed by atoms with Gasteiger partial charge >= 0.3 is 0 Å². The van der Waals surface area contributed by atoms with E-state index in [0.717, 1.165) is 49.5 Å². The van der Waals surface area contributed by atoms with Crippen molar-refractivity contribution in [1.29, 1.82) is 0 Å². The molecular weight excluding hydrogens is 468 g/mol. The van der Waals surface area contributed by atoms with Gasteiger partial charge in [-0.1, -0.05) is 36.9 Å². The lowest BCUT2D eigenvalue weighted by Gasteiger charge is -2.35. The van der Waals surface area contributed by atoms with E-state index in [1.165, 1.54) is 39.1 Å². The first kappa shape index (κ1) is 26.3. The van der Waals surface area contributed by atoms with Gasteiger partial charge in [0.15, 0.2) is 0 Å². The molecule has 4 bridgehead atoms. The van der Waals surface area contributed by atoms with Crippen molar-refractivity contribution in [3.8, 4) is 0 Å². The van der Waals surface area contributed by atoms with Crippen LogP contribution in [0.4, 0.5) is 11.4 Å². The van der Waals surface area contributed by atoms with E-state index in [2.05, 4.69) is 90.3 Å². The van der Waals surface area contributed by atoms with E-state index in [-0.39, 0.29) is 12.0 Å². The van der Waals surface area contributed by atoms with Gasteiger partial charge in [-0.15, -0.1) is 0 Å². The molecule has 38 heavy (non-hydrogen) atoms. The minimum absolute atomic E-state index is 0.177. The highest BCUT2D eigenvalue weighted by Crippen LogP contribution is 2.43. The number of fused-ring (bicyclic) bond motifs is 3. The van der Waals surface area contributed by atoms with Crippen LogP contribution in [0.25, 0.3) is 0 Å². The Morgan fingerprint density at radius 1 is 1.18 bits per heavy atom. The van der Waals surface area contributed by atoms with Gasteiger partial charge in [-0.3, -0.25) is 9.88 Å². The zero-order valence-corrected chi connectivity index (χ0v) is 23.6. The molecular formula is C33H42N4O. The Morgan fingerprint density at radius 3 is 2.79 bits per heavy atom. The quantitative estimate of drug-likeness (QED) is 0.332. The van der Waals surface area contributed by atoms with E-state index in [0.29, 0.717) is 12.6 Å². The van der Waals surface area contributed by atoms with Crippen molar-refractivity contribution in [3.63, 3.8) is 0 Å². The van der Waals surface area contributed by atoms with Crippen LogP contribution in [0.2, 0.25) is 0 Å². The van der Waals surface area contributed by atoms with E-state index >= 15 is 0 Å².